The average Bonchev–Trinajstić information content (AvgIpc) is 3.27. The third-order valence-corrected chi connectivity index (χ3v) is 4.09. The van der Waals surface area contributed by atoms with Crippen molar-refractivity contribution in [3.05, 3.63) is 11.8 Å². The van der Waals surface area contributed by atoms with Crippen LogP contribution < -0.4 is 5.32 Å². The van der Waals surface area contributed by atoms with E-state index in [1.165, 1.54) is 0 Å². The van der Waals surface area contributed by atoms with Gasteiger partial charge >= 0.3 is 0 Å². The molecule has 1 N–H and O–H groups in total. The van der Waals surface area contributed by atoms with E-state index < -0.39 is 0 Å². The Hall–Kier alpha value is -1.92. The van der Waals surface area contributed by atoms with Crippen molar-refractivity contribution in [3.8, 4) is 0 Å². The van der Waals surface area contributed by atoms with E-state index in [2.05, 4.69) is 15.5 Å². The summed E-state index contributed by atoms with van der Waals surface area (Å²) >= 11 is 0. The van der Waals surface area contributed by atoms with Gasteiger partial charge in [-0.15, -0.1) is 10.2 Å². The van der Waals surface area contributed by atoms with Crippen LogP contribution in [0.1, 0.15) is 37.5 Å². The number of likely N-dealkylation sites (tertiary alicyclic amines) is 1. The van der Waals surface area contributed by atoms with Crippen molar-refractivity contribution >= 4 is 11.8 Å². The maximum Gasteiger partial charge on any atom is 0.235 e. The maximum absolute atomic E-state index is 12.1. The second-order valence-electron chi connectivity index (χ2n) is 5.81. The van der Waals surface area contributed by atoms with E-state index in [0.717, 1.165) is 25.7 Å². The molecular weight excluding hydrogens is 272 g/mol. The van der Waals surface area contributed by atoms with E-state index in [-0.39, 0.29) is 30.2 Å². The predicted molar refractivity (Wildman–Crippen MR) is 72.9 cm³/mol. The summed E-state index contributed by atoms with van der Waals surface area (Å²) in [6.45, 7) is 3.35. The topological polar surface area (TPSA) is 88.3 Å². The summed E-state index contributed by atoms with van der Waals surface area (Å²) < 4.78 is 5.21. The first-order chi connectivity index (χ1) is 10.1. The molecule has 21 heavy (non-hydrogen) atoms. The lowest BCUT2D eigenvalue weighted by atomic mass is 9.95. The summed E-state index contributed by atoms with van der Waals surface area (Å²) in [6.07, 6.45) is 3.52. The molecule has 7 heteroatoms. The number of hydrogen-bond donors (Lipinski definition) is 1. The first-order valence-electron chi connectivity index (χ1n) is 7.49. The Bertz CT molecular complexity index is 530. The molecule has 2 heterocycles. The molecule has 7 nitrogen and oxygen atoms in total. The zero-order valence-corrected chi connectivity index (χ0v) is 12.2. The van der Waals surface area contributed by atoms with E-state index in [4.69, 9.17) is 4.42 Å². The first kappa shape index (κ1) is 14.0. The number of carbonyl (C=O) groups excluding carboxylic acids is 2. The quantitative estimate of drug-likeness (QED) is 0.880. The number of nitrogens with one attached hydrogen (secondary N) is 1. The normalized spacial score (nSPS) is 19.6. The van der Waals surface area contributed by atoms with E-state index >= 15 is 0 Å². The van der Waals surface area contributed by atoms with Crippen molar-refractivity contribution < 1.29 is 14.0 Å². The van der Waals surface area contributed by atoms with Crippen molar-refractivity contribution in [2.75, 3.05) is 13.1 Å². The molecule has 0 unspecified atom stereocenters. The maximum atomic E-state index is 12.1. The molecule has 2 amide bonds. The van der Waals surface area contributed by atoms with Gasteiger partial charge in [0.15, 0.2) is 0 Å². The van der Waals surface area contributed by atoms with E-state index in [1.54, 1.807) is 6.92 Å². The number of aromatic nitrogens is 2. The van der Waals surface area contributed by atoms with Crippen LogP contribution in [0.25, 0.3) is 0 Å². The Balaban J connectivity index is 1.43. The Morgan fingerprint density at radius 1 is 1.19 bits per heavy atom. The summed E-state index contributed by atoms with van der Waals surface area (Å²) in [5.41, 5.74) is 0. The number of rotatable bonds is 4. The van der Waals surface area contributed by atoms with Gasteiger partial charge in [-0.3, -0.25) is 9.59 Å². The smallest absolute Gasteiger partial charge is 0.235 e. The van der Waals surface area contributed by atoms with E-state index in [0.29, 0.717) is 24.9 Å². The van der Waals surface area contributed by atoms with Crippen LogP contribution in [-0.4, -0.2) is 40.0 Å². The van der Waals surface area contributed by atoms with Crippen LogP contribution in [0.2, 0.25) is 0 Å². The molecule has 0 radical (unpaired) electrons. The molecule has 0 aromatic carbocycles. The van der Waals surface area contributed by atoms with Crippen LogP contribution >= 0.6 is 0 Å². The zero-order valence-electron chi connectivity index (χ0n) is 12.2. The standard InChI is InChI=1S/C14H20N4O3/c1-9-16-17-12(21-9)8-15-13(19)10-4-6-18(7-5-10)14(20)11-2-3-11/h10-11H,2-8H2,1H3,(H,15,19). The fraction of sp³-hybridized carbons (Fsp3) is 0.714. The van der Waals surface area contributed by atoms with Gasteiger partial charge in [0.1, 0.15) is 0 Å². The summed E-state index contributed by atoms with van der Waals surface area (Å²) in [5.74, 6) is 1.42. The lowest BCUT2D eigenvalue weighted by Crippen LogP contribution is -2.43. The zero-order chi connectivity index (χ0) is 14.8. The van der Waals surface area contributed by atoms with Gasteiger partial charge in [-0.25, -0.2) is 0 Å². The third kappa shape index (κ3) is 3.40. The number of piperidine rings is 1. The molecule has 1 saturated carbocycles. The molecule has 3 rings (SSSR count). The van der Waals surface area contributed by atoms with Gasteiger partial charge in [-0.2, -0.15) is 0 Å². The van der Waals surface area contributed by atoms with Gasteiger partial charge < -0.3 is 14.6 Å². The molecule has 1 aromatic rings. The first-order valence-corrected chi connectivity index (χ1v) is 7.49. The highest BCUT2D eigenvalue weighted by Crippen LogP contribution is 2.32. The fourth-order valence-corrected chi connectivity index (χ4v) is 2.67. The SMILES string of the molecule is Cc1nnc(CNC(=O)C2CCN(C(=O)C3CC3)CC2)o1. The van der Waals surface area contributed by atoms with Crippen LogP contribution in [-0.2, 0) is 16.1 Å². The summed E-state index contributed by atoms with van der Waals surface area (Å²) in [4.78, 5) is 25.9. The van der Waals surface area contributed by atoms with Gasteiger partial charge in [0.25, 0.3) is 0 Å². The van der Waals surface area contributed by atoms with Crippen molar-refractivity contribution in [3.63, 3.8) is 0 Å². The van der Waals surface area contributed by atoms with E-state index in [1.807, 2.05) is 4.90 Å². The van der Waals surface area contributed by atoms with Gasteiger partial charge in [0.2, 0.25) is 23.6 Å². The van der Waals surface area contributed by atoms with E-state index in [9.17, 15) is 9.59 Å². The van der Waals surface area contributed by atoms with Crippen LogP contribution in [0.5, 0.6) is 0 Å². The highest BCUT2D eigenvalue weighted by molar-refractivity contribution is 5.82. The summed E-state index contributed by atoms with van der Waals surface area (Å²) in [5, 5.41) is 10.4. The molecule has 0 atom stereocenters. The second-order valence-corrected chi connectivity index (χ2v) is 5.81. The molecule has 0 spiro atoms. The number of aryl methyl sites for hydroxylation is 1. The van der Waals surface area contributed by atoms with Crippen LogP contribution in [0.4, 0.5) is 0 Å². The molecule has 2 aliphatic rings. The largest absolute Gasteiger partial charge is 0.424 e. The van der Waals surface area contributed by atoms with Gasteiger partial charge in [0.05, 0.1) is 6.54 Å². The Morgan fingerprint density at radius 2 is 1.90 bits per heavy atom. The fourth-order valence-electron chi connectivity index (χ4n) is 2.67. The third-order valence-electron chi connectivity index (χ3n) is 4.09. The lowest BCUT2D eigenvalue weighted by Gasteiger charge is -2.31. The van der Waals surface area contributed by atoms with Crippen molar-refractivity contribution in [2.45, 2.75) is 39.2 Å². The van der Waals surface area contributed by atoms with Gasteiger partial charge in [0, 0.05) is 31.8 Å². The number of nitrogens with zero attached hydrogens (tertiary/aromatic N) is 3. The number of amides is 2. The molecule has 2 fully saturated rings. The van der Waals surface area contributed by atoms with Gasteiger partial charge in [-0.1, -0.05) is 0 Å². The second kappa shape index (κ2) is 5.83. The van der Waals surface area contributed by atoms with Crippen molar-refractivity contribution in [1.29, 1.82) is 0 Å². The average molecular weight is 292 g/mol. The summed E-state index contributed by atoms with van der Waals surface area (Å²) in [6, 6.07) is 0. The number of hydrogen-bond acceptors (Lipinski definition) is 5. The molecule has 0 bridgehead atoms. The van der Waals surface area contributed by atoms with Crippen molar-refractivity contribution in [2.24, 2.45) is 11.8 Å². The minimum Gasteiger partial charge on any atom is -0.424 e. The van der Waals surface area contributed by atoms with Crippen LogP contribution in [0.3, 0.4) is 0 Å². The van der Waals surface area contributed by atoms with Gasteiger partial charge in [-0.05, 0) is 25.7 Å². The molecule has 1 saturated heterocycles. The highest BCUT2D eigenvalue weighted by Gasteiger charge is 2.35. The molecule has 114 valence electrons. The lowest BCUT2D eigenvalue weighted by molar-refractivity contribution is -0.136. The minimum absolute atomic E-state index is 0.00405. The van der Waals surface area contributed by atoms with Crippen molar-refractivity contribution in [1.82, 2.24) is 20.4 Å². The van der Waals surface area contributed by atoms with Crippen LogP contribution in [0.15, 0.2) is 4.42 Å². The molecule has 1 aromatic heterocycles. The highest BCUT2D eigenvalue weighted by atomic mass is 16.4. The Morgan fingerprint density at radius 3 is 2.48 bits per heavy atom. The minimum atomic E-state index is -0.0303. The number of carbonyl (C=O) groups is 2. The molecular formula is C14H20N4O3. The molecule has 1 aliphatic heterocycles. The Labute approximate surface area is 123 Å². The summed E-state index contributed by atoms with van der Waals surface area (Å²) in [7, 11) is 0. The predicted octanol–water partition coefficient (Wildman–Crippen LogP) is 0.643. The van der Waals surface area contributed by atoms with Crippen LogP contribution in [0, 0.1) is 18.8 Å². The molecule has 1 aliphatic carbocycles. The Kier molecular flexibility index (Phi) is 3.90. The monoisotopic (exact) mass is 292 g/mol.